The van der Waals surface area contributed by atoms with Gasteiger partial charge in [-0.3, -0.25) is 0 Å². The van der Waals surface area contributed by atoms with Gasteiger partial charge in [0.1, 0.15) is 0 Å². The van der Waals surface area contributed by atoms with Crippen molar-refractivity contribution in [3.8, 4) is 0 Å². The molecule has 0 aliphatic heterocycles. The van der Waals surface area contributed by atoms with Gasteiger partial charge in [-0.1, -0.05) is 24.3 Å². The summed E-state index contributed by atoms with van der Waals surface area (Å²) in [5.74, 6) is 0.801. The molecule has 0 heterocycles. The largest absolute Gasteiger partial charge is 0.395 e. The molecule has 1 N–H and O–H groups in total. The van der Waals surface area contributed by atoms with Crippen LogP contribution in [0, 0.1) is 0 Å². The summed E-state index contributed by atoms with van der Waals surface area (Å²) in [6.45, 7) is 0.330. The van der Waals surface area contributed by atoms with Crippen LogP contribution in [0.2, 0.25) is 0 Å². The molecule has 74 valence electrons. The van der Waals surface area contributed by atoms with Crippen molar-refractivity contribution < 1.29 is 5.11 Å². The lowest BCUT2D eigenvalue weighted by Gasteiger charge is -2.16. The molecular weight excluding hydrogens is 172 g/mol. The van der Waals surface area contributed by atoms with Crippen LogP contribution in [0.3, 0.4) is 0 Å². The molecule has 0 bridgehead atoms. The van der Waals surface area contributed by atoms with Gasteiger partial charge in [0, 0.05) is 5.41 Å². The third kappa shape index (κ3) is 1.19. The summed E-state index contributed by atoms with van der Waals surface area (Å²) in [6.07, 6.45) is 5.04. The lowest BCUT2D eigenvalue weighted by atomic mass is 9.90. The molecule has 0 spiro atoms. The molecule has 1 heteroatoms. The van der Waals surface area contributed by atoms with E-state index in [1.54, 1.807) is 0 Å². The van der Waals surface area contributed by atoms with Gasteiger partial charge >= 0.3 is 0 Å². The van der Waals surface area contributed by atoms with Crippen molar-refractivity contribution in [1.82, 2.24) is 0 Å². The summed E-state index contributed by atoms with van der Waals surface area (Å²) in [5, 5.41) is 9.44. The predicted molar refractivity (Wildman–Crippen MR) is 56.4 cm³/mol. The fourth-order valence-corrected chi connectivity index (χ4v) is 2.39. The molecule has 3 rings (SSSR count). The zero-order chi connectivity index (χ0) is 9.60. The van der Waals surface area contributed by atoms with Crippen LogP contribution in [0.5, 0.6) is 0 Å². The van der Waals surface area contributed by atoms with Gasteiger partial charge in [0.15, 0.2) is 0 Å². The van der Waals surface area contributed by atoms with E-state index >= 15 is 0 Å². The lowest BCUT2D eigenvalue weighted by molar-refractivity contribution is 0.254. The molecule has 0 aromatic heterocycles. The second-order valence-electron chi connectivity index (χ2n) is 4.80. The van der Waals surface area contributed by atoms with Crippen molar-refractivity contribution in [3.05, 3.63) is 35.4 Å². The fraction of sp³-hybridized carbons (Fsp3) is 0.538. The summed E-state index contributed by atoms with van der Waals surface area (Å²) in [5.41, 5.74) is 3.10. The third-order valence-corrected chi connectivity index (χ3v) is 3.71. The number of hydrogen-bond donors (Lipinski definition) is 1. The SMILES string of the molecule is OCC1(c2ccccc2C2CC2)CC1. The van der Waals surface area contributed by atoms with Crippen molar-refractivity contribution >= 4 is 0 Å². The third-order valence-electron chi connectivity index (χ3n) is 3.71. The molecule has 14 heavy (non-hydrogen) atoms. The van der Waals surface area contributed by atoms with Gasteiger partial charge in [0.05, 0.1) is 6.61 Å². The Balaban J connectivity index is 2.03. The minimum absolute atomic E-state index is 0.152. The van der Waals surface area contributed by atoms with Crippen molar-refractivity contribution in [2.75, 3.05) is 6.61 Å². The number of rotatable bonds is 3. The number of benzene rings is 1. The van der Waals surface area contributed by atoms with Crippen LogP contribution in [0.15, 0.2) is 24.3 Å². The Bertz CT molecular complexity index is 348. The normalized spacial score (nSPS) is 23.5. The Labute approximate surface area is 84.8 Å². The van der Waals surface area contributed by atoms with E-state index in [1.807, 2.05) is 0 Å². The van der Waals surface area contributed by atoms with Crippen LogP contribution in [0.1, 0.15) is 42.7 Å². The maximum atomic E-state index is 9.44. The van der Waals surface area contributed by atoms with E-state index in [9.17, 15) is 5.11 Å². The van der Waals surface area contributed by atoms with Crippen LogP contribution in [0.4, 0.5) is 0 Å². The van der Waals surface area contributed by atoms with E-state index in [2.05, 4.69) is 24.3 Å². The van der Waals surface area contributed by atoms with Crippen LogP contribution >= 0.6 is 0 Å². The second-order valence-corrected chi connectivity index (χ2v) is 4.80. The van der Waals surface area contributed by atoms with Crippen molar-refractivity contribution in [2.45, 2.75) is 37.0 Å². The highest BCUT2D eigenvalue weighted by Gasteiger charge is 2.46. The lowest BCUT2D eigenvalue weighted by Crippen LogP contribution is -2.14. The van der Waals surface area contributed by atoms with Crippen molar-refractivity contribution in [3.63, 3.8) is 0 Å². The van der Waals surface area contributed by atoms with Gasteiger partial charge in [-0.05, 0) is 42.7 Å². The standard InChI is InChI=1S/C13H16O/c14-9-13(7-8-13)12-4-2-1-3-11(12)10-5-6-10/h1-4,10,14H,5-9H2. The Morgan fingerprint density at radius 2 is 1.93 bits per heavy atom. The first-order chi connectivity index (χ1) is 6.86. The molecule has 0 radical (unpaired) electrons. The number of hydrogen-bond acceptors (Lipinski definition) is 1. The van der Waals surface area contributed by atoms with Gasteiger partial charge in [-0.25, -0.2) is 0 Å². The molecule has 1 nitrogen and oxygen atoms in total. The minimum Gasteiger partial charge on any atom is -0.395 e. The summed E-state index contributed by atoms with van der Waals surface area (Å²) in [6, 6.07) is 8.71. The molecule has 0 saturated heterocycles. The van der Waals surface area contributed by atoms with Gasteiger partial charge in [-0.15, -0.1) is 0 Å². The monoisotopic (exact) mass is 188 g/mol. The Morgan fingerprint density at radius 1 is 1.21 bits per heavy atom. The second kappa shape index (κ2) is 2.83. The van der Waals surface area contributed by atoms with Crippen LogP contribution in [-0.4, -0.2) is 11.7 Å². The first-order valence-corrected chi connectivity index (χ1v) is 5.56. The fourth-order valence-electron chi connectivity index (χ4n) is 2.39. The van der Waals surface area contributed by atoms with Gasteiger partial charge in [0.2, 0.25) is 0 Å². The summed E-state index contributed by atoms with van der Waals surface area (Å²) >= 11 is 0. The molecule has 2 saturated carbocycles. The highest BCUT2D eigenvalue weighted by atomic mass is 16.3. The summed E-state index contributed by atoms with van der Waals surface area (Å²) in [7, 11) is 0. The number of aliphatic hydroxyl groups excluding tert-OH is 1. The van der Waals surface area contributed by atoms with Crippen LogP contribution < -0.4 is 0 Å². The maximum absolute atomic E-state index is 9.44. The zero-order valence-corrected chi connectivity index (χ0v) is 8.37. The molecule has 2 aliphatic rings. The Hall–Kier alpha value is -0.820. The smallest absolute Gasteiger partial charge is 0.0528 e. The predicted octanol–water partition coefficient (Wildman–Crippen LogP) is 2.59. The molecule has 1 aromatic rings. The van der Waals surface area contributed by atoms with E-state index in [0.29, 0.717) is 6.61 Å². The van der Waals surface area contributed by atoms with E-state index in [-0.39, 0.29) is 5.41 Å². The molecule has 0 unspecified atom stereocenters. The topological polar surface area (TPSA) is 20.2 Å². The molecule has 1 aromatic carbocycles. The van der Waals surface area contributed by atoms with E-state index in [0.717, 1.165) is 5.92 Å². The first kappa shape index (κ1) is 8.49. The van der Waals surface area contributed by atoms with Gasteiger partial charge < -0.3 is 5.11 Å². The highest BCUT2D eigenvalue weighted by Crippen LogP contribution is 2.53. The van der Waals surface area contributed by atoms with E-state index in [4.69, 9.17) is 0 Å². The van der Waals surface area contributed by atoms with Crippen molar-refractivity contribution in [2.24, 2.45) is 0 Å². The van der Waals surface area contributed by atoms with Gasteiger partial charge in [0.25, 0.3) is 0 Å². The van der Waals surface area contributed by atoms with E-state index < -0.39 is 0 Å². The Kier molecular flexibility index (Phi) is 1.72. The minimum atomic E-state index is 0.152. The maximum Gasteiger partial charge on any atom is 0.0528 e. The van der Waals surface area contributed by atoms with Crippen molar-refractivity contribution in [1.29, 1.82) is 0 Å². The number of aliphatic hydroxyl groups is 1. The molecule has 0 amide bonds. The van der Waals surface area contributed by atoms with Crippen LogP contribution in [-0.2, 0) is 5.41 Å². The van der Waals surface area contributed by atoms with E-state index in [1.165, 1.54) is 36.8 Å². The molecule has 2 fully saturated rings. The highest BCUT2D eigenvalue weighted by molar-refractivity contribution is 5.42. The molecule has 0 atom stereocenters. The molecular formula is C13H16O. The average Bonchev–Trinajstić information content (AvgIpc) is 3.12. The zero-order valence-electron chi connectivity index (χ0n) is 8.37. The summed E-state index contributed by atoms with van der Waals surface area (Å²) < 4.78 is 0. The van der Waals surface area contributed by atoms with Crippen LogP contribution in [0.25, 0.3) is 0 Å². The average molecular weight is 188 g/mol. The summed E-state index contributed by atoms with van der Waals surface area (Å²) in [4.78, 5) is 0. The molecule has 2 aliphatic carbocycles. The quantitative estimate of drug-likeness (QED) is 0.773. The Morgan fingerprint density at radius 3 is 2.50 bits per heavy atom. The van der Waals surface area contributed by atoms with Gasteiger partial charge in [-0.2, -0.15) is 0 Å². The first-order valence-electron chi connectivity index (χ1n) is 5.56.